The molecule has 0 saturated carbocycles. The predicted molar refractivity (Wildman–Crippen MR) is 114 cm³/mol. The SMILES string of the molecule is CCN(c1ccccc1)c1ccnc(C(=O)Nc2ccc(OC(C)C)cc2)c1. The minimum absolute atomic E-state index is 0.110. The Bertz CT molecular complexity index is 909. The lowest BCUT2D eigenvalue weighted by Gasteiger charge is -2.23. The third-order valence-corrected chi connectivity index (χ3v) is 4.16. The van der Waals surface area contributed by atoms with Crippen LogP contribution in [0, 0.1) is 0 Å². The summed E-state index contributed by atoms with van der Waals surface area (Å²) in [6, 6.07) is 21.1. The lowest BCUT2D eigenvalue weighted by atomic mass is 10.2. The number of hydrogen-bond donors (Lipinski definition) is 1. The van der Waals surface area contributed by atoms with E-state index in [9.17, 15) is 4.79 Å². The van der Waals surface area contributed by atoms with Crippen molar-refractivity contribution in [1.82, 2.24) is 4.98 Å². The van der Waals surface area contributed by atoms with Crippen molar-refractivity contribution in [3.63, 3.8) is 0 Å². The molecule has 0 bridgehead atoms. The summed E-state index contributed by atoms with van der Waals surface area (Å²) in [5.41, 5.74) is 3.07. The Labute approximate surface area is 166 Å². The summed E-state index contributed by atoms with van der Waals surface area (Å²) in [5, 5.41) is 2.89. The molecule has 1 heterocycles. The van der Waals surface area contributed by atoms with Gasteiger partial charge in [0.1, 0.15) is 11.4 Å². The Morgan fingerprint density at radius 3 is 2.39 bits per heavy atom. The summed E-state index contributed by atoms with van der Waals surface area (Å²) < 4.78 is 5.62. The molecule has 5 heteroatoms. The number of benzene rings is 2. The summed E-state index contributed by atoms with van der Waals surface area (Å²) in [7, 11) is 0. The van der Waals surface area contributed by atoms with Crippen LogP contribution in [0.3, 0.4) is 0 Å². The van der Waals surface area contributed by atoms with Crippen LogP contribution in [-0.4, -0.2) is 23.5 Å². The molecule has 3 aromatic rings. The molecule has 0 atom stereocenters. The van der Waals surface area contributed by atoms with Gasteiger partial charge in [0.2, 0.25) is 0 Å². The van der Waals surface area contributed by atoms with Crippen molar-refractivity contribution >= 4 is 23.0 Å². The van der Waals surface area contributed by atoms with Crippen LogP contribution in [0.1, 0.15) is 31.3 Å². The standard InChI is InChI=1S/C23H25N3O2/c1-4-26(19-8-6-5-7-9-19)20-14-15-24-22(16-20)23(27)25-18-10-12-21(13-11-18)28-17(2)3/h5-17H,4H2,1-3H3,(H,25,27). The molecule has 0 fully saturated rings. The molecule has 144 valence electrons. The van der Waals surface area contributed by atoms with Crippen LogP contribution < -0.4 is 15.0 Å². The Kier molecular flexibility index (Phi) is 6.27. The van der Waals surface area contributed by atoms with Crippen molar-refractivity contribution in [2.24, 2.45) is 0 Å². The van der Waals surface area contributed by atoms with Gasteiger partial charge < -0.3 is 15.0 Å². The first-order chi connectivity index (χ1) is 13.6. The normalized spacial score (nSPS) is 10.6. The molecule has 1 aromatic heterocycles. The van der Waals surface area contributed by atoms with E-state index in [-0.39, 0.29) is 12.0 Å². The maximum Gasteiger partial charge on any atom is 0.274 e. The van der Waals surface area contributed by atoms with Gasteiger partial charge >= 0.3 is 0 Å². The Hall–Kier alpha value is -3.34. The summed E-state index contributed by atoms with van der Waals surface area (Å²) in [6.45, 7) is 6.81. The van der Waals surface area contributed by atoms with Gasteiger partial charge in [0.05, 0.1) is 6.10 Å². The van der Waals surface area contributed by atoms with Gasteiger partial charge in [-0.2, -0.15) is 0 Å². The van der Waals surface area contributed by atoms with E-state index in [1.807, 2.05) is 80.6 Å². The summed E-state index contributed by atoms with van der Waals surface area (Å²) in [4.78, 5) is 19.0. The van der Waals surface area contributed by atoms with Crippen LogP contribution in [0.25, 0.3) is 0 Å². The fourth-order valence-corrected chi connectivity index (χ4v) is 2.92. The largest absolute Gasteiger partial charge is 0.491 e. The van der Waals surface area contributed by atoms with Crippen molar-refractivity contribution in [3.05, 3.63) is 78.6 Å². The fraction of sp³-hybridized carbons (Fsp3) is 0.217. The van der Waals surface area contributed by atoms with Gasteiger partial charge in [-0.3, -0.25) is 9.78 Å². The number of aromatic nitrogens is 1. The number of carbonyl (C=O) groups is 1. The lowest BCUT2D eigenvalue weighted by Crippen LogP contribution is -2.18. The van der Waals surface area contributed by atoms with E-state index >= 15 is 0 Å². The number of carbonyl (C=O) groups excluding carboxylic acids is 1. The monoisotopic (exact) mass is 375 g/mol. The number of rotatable bonds is 7. The second-order valence-electron chi connectivity index (χ2n) is 6.62. The average molecular weight is 375 g/mol. The molecule has 3 rings (SSSR count). The molecule has 0 spiro atoms. The molecule has 0 radical (unpaired) electrons. The second-order valence-corrected chi connectivity index (χ2v) is 6.62. The van der Waals surface area contributed by atoms with E-state index < -0.39 is 0 Å². The van der Waals surface area contributed by atoms with Gasteiger partial charge in [0.15, 0.2) is 0 Å². The summed E-state index contributed by atoms with van der Waals surface area (Å²) >= 11 is 0. The van der Waals surface area contributed by atoms with Crippen molar-refractivity contribution in [2.45, 2.75) is 26.9 Å². The van der Waals surface area contributed by atoms with E-state index in [2.05, 4.69) is 22.1 Å². The minimum Gasteiger partial charge on any atom is -0.491 e. The van der Waals surface area contributed by atoms with Crippen molar-refractivity contribution < 1.29 is 9.53 Å². The molecule has 0 unspecified atom stereocenters. The topological polar surface area (TPSA) is 54.5 Å². The van der Waals surface area contributed by atoms with Gasteiger partial charge in [0, 0.05) is 29.8 Å². The Morgan fingerprint density at radius 2 is 1.75 bits per heavy atom. The molecular weight excluding hydrogens is 350 g/mol. The van der Waals surface area contributed by atoms with Crippen LogP contribution in [0.15, 0.2) is 72.9 Å². The first-order valence-corrected chi connectivity index (χ1v) is 9.43. The molecule has 0 aliphatic rings. The number of nitrogens with one attached hydrogen (secondary N) is 1. The molecule has 2 aromatic carbocycles. The molecular formula is C23H25N3O2. The smallest absolute Gasteiger partial charge is 0.274 e. The number of amides is 1. The lowest BCUT2D eigenvalue weighted by molar-refractivity contribution is 0.102. The molecule has 1 amide bonds. The predicted octanol–water partition coefficient (Wildman–Crippen LogP) is 5.28. The van der Waals surface area contributed by atoms with Crippen molar-refractivity contribution in [1.29, 1.82) is 0 Å². The number of pyridine rings is 1. The zero-order chi connectivity index (χ0) is 19.9. The average Bonchev–Trinajstić information content (AvgIpc) is 2.71. The fourth-order valence-electron chi connectivity index (χ4n) is 2.92. The third-order valence-electron chi connectivity index (χ3n) is 4.16. The number of anilines is 3. The van der Waals surface area contributed by atoms with E-state index in [1.165, 1.54) is 0 Å². The molecule has 0 aliphatic heterocycles. The van der Waals surface area contributed by atoms with Gasteiger partial charge in [0.25, 0.3) is 5.91 Å². The van der Waals surface area contributed by atoms with Crippen LogP contribution in [-0.2, 0) is 0 Å². The van der Waals surface area contributed by atoms with Gasteiger partial charge in [-0.1, -0.05) is 18.2 Å². The molecule has 0 saturated heterocycles. The molecule has 28 heavy (non-hydrogen) atoms. The molecule has 0 aliphatic carbocycles. The van der Waals surface area contributed by atoms with Crippen LogP contribution in [0.5, 0.6) is 5.75 Å². The van der Waals surface area contributed by atoms with Gasteiger partial charge in [-0.25, -0.2) is 0 Å². The zero-order valence-electron chi connectivity index (χ0n) is 16.4. The first kappa shape index (κ1) is 19.4. The quantitative estimate of drug-likeness (QED) is 0.610. The molecule has 1 N–H and O–H groups in total. The van der Waals surface area contributed by atoms with Gasteiger partial charge in [-0.15, -0.1) is 0 Å². The minimum atomic E-state index is -0.247. The van der Waals surface area contributed by atoms with E-state index in [4.69, 9.17) is 4.74 Å². The number of para-hydroxylation sites is 1. The number of nitrogens with zero attached hydrogens (tertiary/aromatic N) is 2. The third kappa shape index (κ3) is 4.88. The maximum atomic E-state index is 12.7. The summed E-state index contributed by atoms with van der Waals surface area (Å²) in [6.07, 6.45) is 1.77. The van der Waals surface area contributed by atoms with Crippen LogP contribution in [0.2, 0.25) is 0 Å². The van der Waals surface area contributed by atoms with E-state index in [1.54, 1.807) is 6.20 Å². The van der Waals surface area contributed by atoms with Gasteiger partial charge in [-0.05, 0) is 69.3 Å². The highest BCUT2D eigenvalue weighted by molar-refractivity contribution is 6.03. The van der Waals surface area contributed by atoms with Crippen molar-refractivity contribution in [2.75, 3.05) is 16.8 Å². The summed E-state index contributed by atoms with van der Waals surface area (Å²) in [5.74, 6) is 0.526. The first-order valence-electron chi connectivity index (χ1n) is 9.43. The Balaban J connectivity index is 1.75. The van der Waals surface area contributed by atoms with Crippen LogP contribution >= 0.6 is 0 Å². The van der Waals surface area contributed by atoms with E-state index in [0.717, 1.165) is 23.7 Å². The number of ether oxygens (including phenoxy) is 1. The van der Waals surface area contributed by atoms with E-state index in [0.29, 0.717) is 11.4 Å². The van der Waals surface area contributed by atoms with Crippen LogP contribution in [0.4, 0.5) is 17.1 Å². The maximum absolute atomic E-state index is 12.7. The zero-order valence-corrected chi connectivity index (χ0v) is 16.4. The Morgan fingerprint density at radius 1 is 1.04 bits per heavy atom. The highest BCUT2D eigenvalue weighted by Gasteiger charge is 2.12. The molecule has 5 nitrogen and oxygen atoms in total. The highest BCUT2D eigenvalue weighted by Crippen LogP contribution is 2.25. The highest BCUT2D eigenvalue weighted by atomic mass is 16.5. The number of hydrogen-bond acceptors (Lipinski definition) is 4. The second kappa shape index (κ2) is 9.04. The van der Waals surface area contributed by atoms with Crippen molar-refractivity contribution in [3.8, 4) is 5.75 Å².